The zero-order chi connectivity index (χ0) is 15.9. The lowest BCUT2D eigenvalue weighted by molar-refractivity contribution is 0.202. The molecule has 0 aliphatic carbocycles. The number of nitrogens with zero attached hydrogens (tertiary/aromatic N) is 3. The molecule has 0 fully saturated rings. The Morgan fingerprint density at radius 1 is 1.45 bits per heavy atom. The molecule has 0 aliphatic rings. The van der Waals surface area contributed by atoms with Gasteiger partial charge >= 0.3 is 0 Å². The Bertz CT molecular complexity index is 691. The van der Waals surface area contributed by atoms with Crippen molar-refractivity contribution in [1.29, 1.82) is 0 Å². The van der Waals surface area contributed by atoms with E-state index in [0.29, 0.717) is 48.1 Å². The minimum atomic E-state index is -0.0433. The fourth-order valence-corrected chi connectivity index (χ4v) is 2.78. The molecule has 6 nitrogen and oxygen atoms in total. The molecule has 2 heterocycles. The van der Waals surface area contributed by atoms with Crippen LogP contribution < -0.4 is 5.56 Å². The quantitative estimate of drug-likeness (QED) is 0.342. The van der Waals surface area contributed by atoms with Gasteiger partial charge < -0.3 is 9.29 Å². The molecule has 0 saturated carbocycles. The molecule has 120 valence electrons. The average molecular weight is 341 g/mol. The van der Waals surface area contributed by atoms with E-state index in [-0.39, 0.29) is 5.56 Å². The molecule has 0 spiro atoms. The first-order chi connectivity index (χ1) is 10.7. The van der Waals surface area contributed by atoms with Gasteiger partial charge in [-0.2, -0.15) is 0 Å². The molecule has 0 aromatic carbocycles. The van der Waals surface area contributed by atoms with Gasteiger partial charge in [0.25, 0.3) is 5.56 Å². The van der Waals surface area contributed by atoms with E-state index in [1.165, 1.54) is 11.8 Å². The van der Waals surface area contributed by atoms with Crippen molar-refractivity contribution in [2.24, 2.45) is 0 Å². The summed E-state index contributed by atoms with van der Waals surface area (Å²) in [7, 11) is 1.62. The van der Waals surface area contributed by atoms with E-state index in [1.54, 1.807) is 17.9 Å². The second kappa shape index (κ2) is 8.52. The molecule has 2 aromatic heterocycles. The van der Waals surface area contributed by atoms with Crippen molar-refractivity contribution in [3.63, 3.8) is 0 Å². The Morgan fingerprint density at radius 3 is 2.95 bits per heavy atom. The standard InChI is InChI=1S/C14H19N3O3S2/c1-20-6-4-10-8-11-9-15-14(21-2)16-12(11)17(13(10)18)5-3-7-22-19/h8-9,19H,3-7H2,1-2H3. The third-order valence-corrected chi connectivity index (χ3v) is 4.29. The molecule has 2 rings (SSSR count). The lowest BCUT2D eigenvalue weighted by Crippen LogP contribution is -2.26. The van der Waals surface area contributed by atoms with Crippen LogP contribution in [0.2, 0.25) is 0 Å². The van der Waals surface area contributed by atoms with Crippen molar-refractivity contribution in [3.05, 3.63) is 28.2 Å². The van der Waals surface area contributed by atoms with E-state index in [1.807, 2.05) is 12.3 Å². The molecular formula is C14H19N3O3S2. The summed E-state index contributed by atoms with van der Waals surface area (Å²) in [5, 5.41) is 1.49. The van der Waals surface area contributed by atoms with Crippen LogP contribution in [0, 0.1) is 0 Å². The first kappa shape index (κ1) is 17.3. The molecule has 1 N–H and O–H groups in total. The van der Waals surface area contributed by atoms with Crippen LogP contribution in [-0.4, -0.2) is 44.8 Å². The normalized spacial score (nSPS) is 11.2. The van der Waals surface area contributed by atoms with E-state index < -0.39 is 0 Å². The van der Waals surface area contributed by atoms with E-state index in [0.717, 1.165) is 17.4 Å². The SMILES string of the molecule is COCCc1cc2cnc(SC)nc2n(CCCSO)c1=O. The van der Waals surface area contributed by atoms with Crippen molar-refractivity contribution >= 4 is 34.8 Å². The molecule has 22 heavy (non-hydrogen) atoms. The number of rotatable bonds is 8. The Morgan fingerprint density at radius 2 is 2.27 bits per heavy atom. The van der Waals surface area contributed by atoms with Crippen LogP contribution in [0.3, 0.4) is 0 Å². The number of aryl methyl sites for hydroxylation is 1. The predicted octanol–water partition coefficient (Wildman–Crippen LogP) is 2.30. The third kappa shape index (κ3) is 4.01. The van der Waals surface area contributed by atoms with Gasteiger partial charge in [-0.05, 0) is 30.8 Å². The summed E-state index contributed by atoms with van der Waals surface area (Å²) in [6, 6.07) is 1.85. The topological polar surface area (TPSA) is 77.2 Å². The summed E-state index contributed by atoms with van der Waals surface area (Å²) < 4.78 is 15.6. The maximum Gasteiger partial charge on any atom is 0.255 e. The Balaban J connectivity index is 2.51. The smallest absolute Gasteiger partial charge is 0.255 e. The first-order valence-corrected chi connectivity index (χ1v) is 9.06. The van der Waals surface area contributed by atoms with Gasteiger partial charge in [0.2, 0.25) is 0 Å². The second-order valence-electron chi connectivity index (χ2n) is 4.69. The number of hydrogen-bond acceptors (Lipinski definition) is 7. The molecule has 0 atom stereocenters. The number of thioether (sulfide) groups is 1. The third-order valence-electron chi connectivity index (χ3n) is 3.25. The highest BCUT2D eigenvalue weighted by Gasteiger charge is 2.11. The number of hydrogen-bond donors (Lipinski definition) is 1. The van der Waals surface area contributed by atoms with Gasteiger partial charge in [-0.25, -0.2) is 9.97 Å². The van der Waals surface area contributed by atoms with E-state index >= 15 is 0 Å². The van der Waals surface area contributed by atoms with Gasteiger partial charge in [0, 0.05) is 43.0 Å². The molecule has 2 aromatic rings. The Labute approximate surface area is 137 Å². The van der Waals surface area contributed by atoms with Crippen LogP contribution >= 0.6 is 23.8 Å². The summed E-state index contributed by atoms with van der Waals surface area (Å²) in [4.78, 5) is 21.4. The van der Waals surface area contributed by atoms with Crippen LogP contribution in [0.4, 0.5) is 0 Å². The number of fused-ring (bicyclic) bond motifs is 1. The number of pyridine rings is 1. The predicted molar refractivity (Wildman–Crippen MR) is 90.9 cm³/mol. The highest BCUT2D eigenvalue weighted by Crippen LogP contribution is 2.16. The first-order valence-electron chi connectivity index (χ1n) is 6.90. The van der Waals surface area contributed by atoms with E-state index in [2.05, 4.69) is 9.97 Å². The minimum Gasteiger partial charge on any atom is -0.384 e. The minimum absolute atomic E-state index is 0.0433. The highest BCUT2D eigenvalue weighted by atomic mass is 32.2. The molecule has 0 bridgehead atoms. The summed E-state index contributed by atoms with van der Waals surface area (Å²) >= 11 is 2.23. The molecule has 8 heteroatoms. The maximum absolute atomic E-state index is 12.7. The van der Waals surface area contributed by atoms with Crippen LogP contribution in [-0.2, 0) is 17.7 Å². The molecule has 0 aliphatic heterocycles. The zero-order valence-corrected chi connectivity index (χ0v) is 14.2. The van der Waals surface area contributed by atoms with E-state index in [9.17, 15) is 4.79 Å². The Kier molecular flexibility index (Phi) is 6.69. The van der Waals surface area contributed by atoms with Crippen LogP contribution in [0.25, 0.3) is 11.0 Å². The molecular weight excluding hydrogens is 322 g/mol. The van der Waals surface area contributed by atoms with Crippen LogP contribution in [0.15, 0.2) is 22.2 Å². The monoisotopic (exact) mass is 341 g/mol. The van der Waals surface area contributed by atoms with Crippen molar-refractivity contribution in [1.82, 2.24) is 14.5 Å². The zero-order valence-electron chi connectivity index (χ0n) is 12.6. The second-order valence-corrected chi connectivity index (χ2v) is 6.13. The number of methoxy groups -OCH3 is 1. The molecule has 0 saturated heterocycles. The Hall–Kier alpha value is -1.09. The summed E-state index contributed by atoms with van der Waals surface area (Å²) in [5.74, 6) is 0.580. The average Bonchev–Trinajstić information content (AvgIpc) is 2.55. The maximum atomic E-state index is 12.7. The highest BCUT2D eigenvalue weighted by molar-refractivity contribution is 7.98. The summed E-state index contributed by atoms with van der Waals surface area (Å²) in [6.07, 6.45) is 4.91. The van der Waals surface area contributed by atoms with Gasteiger partial charge in [0.15, 0.2) is 5.16 Å². The van der Waals surface area contributed by atoms with Gasteiger partial charge in [0.1, 0.15) is 5.65 Å². The largest absolute Gasteiger partial charge is 0.384 e. The van der Waals surface area contributed by atoms with Crippen molar-refractivity contribution < 1.29 is 9.29 Å². The lowest BCUT2D eigenvalue weighted by Gasteiger charge is -2.12. The summed E-state index contributed by atoms with van der Waals surface area (Å²) in [5.41, 5.74) is 1.30. The number of aromatic nitrogens is 3. The molecule has 0 amide bonds. The summed E-state index contributed by atoms with van der Waals surface area (Å²) in [6.45, 7) is 1.02. The van der Waals surface area contributed by atoms with Gasteiger partial charge in [-0.15, -0.1) is 0 Å². The van der Waals surface area contributed by atoms with Crippen LogP contribution in [0.5, 0.6) is 0 Å². The fourth-order valence-electron chi connectivity index (χ4n) is 2.19. The molecule has 0 unspecified atom stereocenters. The van der Waals surface area contributed by atoms with E-state index in [4.69, 9.17) is 9.29 Å². The number of ether oxygens (including phenoxy) is 1. The van der Waals surface area contributed by atoms with Crippen molar-refractivity contribution in [2.45, 2.75) is 24.5 Å². The lowest BCUT2D eigenvalue weighted by atomic mass is 10.1. The van der Waals surface area contributed by atoms with Crippen molar-refractivity contribution in [3.8, 4) is 0 Å². The van der Waals surface area contributed by atoms with Gasteiger partial charge in [0.05, 0.1) is 6.61 Å². The van der Waals surface area contributed by atoms with Gasteiger partial charge in [-0.1, -0.05) is 11.8 Å². The van der Waals surface area contributed by atoms with Crippen molar-refractivity contribution in [2.75, 3.05) is 25.7 Å². The molecule has 0 radical (unpaired) electrons. The fraction of sp³-hybridized carbons (Fsp3) is 0.500. The van der Waals surface area contributed by atoms with Gasteiger partial charge in [-0.3, -0.25) is 9.36 Å². The van der Waals surface area contributed by atoms with Crippen LogP contribution in [0.1, 0.15) is 12.0 Å².